The first kappa shape index (κ1) is 17.5. The molecule has 24 heavy (non-hydrogen) atoms. The molecular weight excluding hydrogens is 308 g/mol. The third-order valence-electron chi connectivity index (χ3n) is 6.66. The van der Waals surface area contributed by atoms with Crippen LogP contribution in [0.2, 0.25) is 0 Å². The summed E-state index contributed by atoms with van der Waals surface area (Å²) < 4.78 is 11.0. The van der Waals surface area contributed by atoms with Gasteiger partial charge in [0.25, 0.3) is 0 Å². The largest absolute Gasteiger partial charge is 0.458 e. The van der Waals surface area contributed by atoms with Crippen LogP contribution in [0.4, 0.5) is 0 Å². The molecule has 0 amide bonds. The van der Waals surface area contributed by atoms with Crippen LogP contribution in [0, 0.1) is 29.1 Å². The zero-order valence-corrected chi connectivity index (χ0v) is 15.2. The summed E-state index contributed by atoms with van der Waals surface area (Å²) in [5, 5.41) is 11.3. The van der Waals surface area contributed by atoms with Crippen LogP contribution < -0.4 is 0 Å². The third-order valence-corrected chi connectivity index (χ3v) is 6.66. The van der Waals surface area contributed by atoms with Crippen LogP contribution >= 0.6 is 0 Å². The van der Waals surface area contributed by atoms with Gasteiger partial charge >= 0.3 is 11.9 Å². The fourth-order valence-electron chi connectivity index (χ4n) is 5.60. The van der Waals surface area contributed by atoms with E-state index in [1.54, 1.807) is 6.92 Å². The van der Waals surface area contributed by atoms with Crippen LogP contribution in [0.3, 0.4) is 0 Å². The van der Waals surface area contributed by atoms with Gasteiger partial charge in [0.2, 0.25) is 0 Å². The second kappa shape index (κ2) is 5.32. The third kappa shape index (κ3) is 2.40. The number of esters is 2. The molecule has 0 saturated heterocycles. The molecule has 0 radical (unpaired) electrons. The number of ether oxygens (including phenoxy) is 2. The predicted molar refractivity (Wildman–Crippen MR) is 87.8 cm³/mol. The molecule has 3 fully saturated rings. The Morgan fingerprint density at radius 3 is 2.25 bits per heavy atom. The average Bonchev–Trinajstić information content (AvgIpc) is 2.95. The maximum Gasteiger partial charge on any atom is 0.303 e. The van der Waals surface area contributed by atoms with E-state index in [4.69, 9.17) is 9.47 Å². The molecule has 3 saturated carbocycles. The van der Waals surface area contributed by atoms with Gasteiger partial charge in [-0.15, -0.1) is 0 Å². The van der Waals surface area contributed by atoms with Crippen LogP contribution in [-0.4, -0.2) is 34.9 Å². The number of carbonyl (C=O) groups excluding carboxylic acids is 2. The van der Waals surface area contributed by atoms with Crippen molar-refractivity contribution >= 4 is 11.9 Å². The number of aliphatic hydroxyl groups is 1. The summed E-state index contributed by atoms with van der Waals surface area (Å²) in [6.45, 7) is 13.0. The van der Waals surface area contributed by atoms with Crippen LogP contribution in [0.5, 0.6) is 0 Å². The van der Waals surface area contributed by atoms with E-state index in [1.807, 2.05) is 0 Å². The lowest BCUT2D eigenvalue weighted by atomic mass is 9.77. The quantitative estimate of drug-likeness (QED) is 0.619. The van der Waals surface area contributed by atoms with E-state index in [1.165, 1.54) is 13.8 Å². The van der Waals surface area contributed by atoms with Crippen molar-refractivity contribution in [2.24, 2.45) is 29.1 Å². The molecule has 0 aromatic rings. The fourth-order valence-corrected chi connectivity index (χ4v) is 5.60. The van der Waals surface area contributed by atoms with E-state index >= 15 is 0 Å². The number of rotatable bonds is 2. The molecule has 5 heteroatoms. The Morgan fingerprint density at radius 2 is 1.71 bits per heavy atom. The summed E-state index contributed by atoms with van der Waals surface area (Å²) in [5.41, 5.74) is -0.121. The van der Waals surface area contributed by atoms with Gasteiger partial charge in [0.05, 0.1) is 0 Å². The summed E-state index contributed by atoms with van der Waals surface area (Å²) in [6.07, 6.45) is 0.367. The SMILES string of the molecule is C=C1CCC2C(C3C1C(OC(C)=O)C(OC(C)=O)C3(C)O)C2(C)C. The zero-order chi connectivity index (χ0) is 18.0. The molecule has 0 aromatic heterocycles. The summed E-state index contributed by atoms with van der Waals surface area (Å²) in [4.78, 5) is 23.3. The standard InChI is InChI=1S/C19H28O5/c1-9-7-8-12-14(18(12,4)5)15-13(9)16(23-10(2)20)17(19(15,6)22)24-11(3)21/h12-17,22H,1,7-8H2,2-6H3. The molecule has 7 unspecified atom stereocenters. The molecule has 3 aliphatic rings. The van der Waals surface area contributed by atoms with E-state index in [2.05, 4.69) is 20.4 Å². The Hall–Kier alpha value is -1.36. The minimum Gasteiger partial charge on any atom is -0.458 e. The Morgan fingerprint density at radius 1 is 1.12 bits per heavy atom. The van der Waals surface area contributed by atoms with Crippen molar-refractivity contribution in [3.63, 3.8) is 0 Å². The highest BCUT2D eigenvalue weighted by molar-refractivity contribution is 5.68. The average molecular weight is 336 g/mol. The van der Waals surface area contributed by atoms with E-state index < -0.39 is 29.7 Å². The van der Waals surface area contributed by atoms with Gasteiger partial charge in [-0.3, -0.25) is 9.59 Å². The smallest absolute Gasteiger partial charge is 0.303 e. The van der Waals surface area contributed by atoms with E-state index in [0.717, 1.165) is 18.4 Å². The van der Waals surface area contributed by atoms with Gasteiger partial charge < -0.3 is 14.6 Å². The Balaban J connectivity index is 2.05. The van der Waals surface area contributed by atoms with Crippen molar-refractivity contribution in [3.8, 4) is 0 Å². The van der Waals surface area contributed by atoms with Crippen LogP contribution in [0.25, 0.3) is 0 Å². The van der Waals surface area contributed by atoms with Gasteiger partial charge in [0.15, 0.2) is 6.10 Å². The Kier molecular flexibility index (Phi) is 3.87. The van der Waals surface area contributed by atoms with Gasteiger partial charge in [0, 0.05) is 25.7 Å². The molecule has 3 aliphatic carbocycles. The van der Waals surface area contributed by atoms with Crippen molar-refractivity contribution in [1.29, 1.82) is 0 Å². The van der Waals surface area contributed by atoms with E-state index in [9.17, 15) is 14.7 Å². The molecule has 134 valence electrons. The topological polar surface area (TPSA) is 72.8 Å². The first-order chi connectivity index (χ1) is 11.0. The maximum absolute atomic E-state index is 11.7. The second-order valence-electron chi connectivity index (χ2n) is 8.53. The monoisotopic (exact) mass is 336 g/mol. The first-order valence-electron chi connectivity index (χ1n) is 8.74. The van der Waals surface area contributed by atoms with Crippen molar-refractivity contribution in [2.45, 2.75) is 65.3 Å². The first-order valence-corrected chi connectivity index (χ1v) is 8.74. The minimum atomic E-state index is -1.25. The number of hydrogen-bond donors (Lipinski definition) is 1. The van der Waals surface area contributed by atoms with E-state index in [0.29, 0.717) is 11.8 Å². The Labute approximate surface area is 143 Å². The Bertz CT molecular complexity index is 591. The van der Waals surface area contributed by atoms with Crippen molar-refractivity contribution in [1.82, 2.24) is 0 Å². The predicted octanol–water partition coefficient (Wildman–Crippen LogP) is 2.47. The molecule has 7 atom stereocenters. The molecule has 1 N–H and O–H groups in total. The summed E-state index contributed by atoms with van der Waals surface area (Å²) in [7, 11) is 0. The van der Waals surface area contributed by atoms with Crippen molar-refractivity contribution < 1.29 is 24.2 Å². The maximum atomic E-state index is 11.7. The zero-order valence-electron chi connectivity index (χ0n) is 15.2. The lowest BCUT2D eigenvalue weighted by Gasteiger charge is -2.33. The van der Waals surface area contributed by atoms with Crippen LogP contribution in [-0.2, 0) is 19.1 Å². The lowest BCUT2D eigenvalue weighted by molar-refractivity contribution is -0.178. The second-order valence-corrected chi connectivity index (χ2v) is 8.53. The van der Waals surface area contributed by atoms with Gasteiger partial charge in [-0.1, -0.05) is 26.0 Å². The van der Waals surface area contributed by atoms with E-state index in [-0.39, 0.29) is 17.3 Å². The van der Waals surface area contributed by atoms with Crippen molar-refractivity contribution in [2.75, 3.05) is 0 Å². The van der Waals surface area contributed by atoms with Gasteiger partial charge in [0.1, 0.15) is 11.7 Å². The normalized spacial score (nSPS) is 45.7. The van der Waals surface area contributed by atoms with Gasteiger partial charge in [-0.25, -0.2) is 0 Å². The fraction of sp³-hybridized carbons (Fsp3) is 0.789. The van der Waals surface area contributed by atoms with Crippen LogP contribution in [0.1, 0.15) is 47.5 Å². The molecule has 5 nitrogen and oxygen atoms in total. The summed E-state index contributed by atoms with van der Waals surface area (Å²) in [6, 6.07) is 0. The lowest BCUT2D eigenvalue weighted by Crippen LogP contribution is -2.47. The molecular formula is C19H28O5. The molecule has 3 rings (SSSR count). The highest BCUT2D eigenvalue weighted by Gasteiger charge is 2.73. The molecule has 0 heterocycles. The summed E-state index contributed by atoms with van der Waals surface area (Å²) in [5.74, 6) is -0.380. The molecule has 0 aromatic carbocycles. The van der Waals surface area contributed by atoms with Gasteiger partial charge in [-0.2, -0.15) is 0 Å². The van der Waals surface area contributed by atoms with Crippen molar-refractivity contribution in [3.05, 3.63) is 12.2 Å². The highest BCUT2D eigenvalue weighted by atomic mass is 16.6. The summed E-state index contributed by atoms with van der Waals surface area (Å²) >= 11 is 0. The number of carbonyl (C=O) groups is 2. The molecule has 0 spiro atoms. The number of fused-ring (bicyclic) bond motifs is 3. The molecule has 0 bridgehead atoms. The molecule has 0 aliphatic heterocycles. The highest BCUT2D eigenvalue weighted by Crippen LogP contribution is 2.71. The van der Waals surface area contributed by atoms with Crippen LogP contribution in [0.15, 0.2) is 12.2 Å². The van der Waals surface area contributed by atoms with Gasteiger partial charge in [-0.05, 0) is 37.0 Å². The number of hydrogen-bond acceptors (Lipinski definition) is 5. The minimum absolute atomic E-state index is 0.124.